The number of ether oxygens (including phenoxy) is 1. The molecule has 0 aromatic rings. The van der Waals surface area contributed by atoms with Crippen molar-refractivity contribution in [3.8, 4) is 0 Å². The predicted molar refractivity (Wildman–Crippen MR) is 75.8 cm³/mol. The average Bonchev–Trinajstić information content (AvgIpc) is 2.47. The lowest BCUT2D eigenvalue weighted by Gasteiger charge is -2.25. The van der Waals surface area contributed by atoms with Crippen LogP contribution in [0.5, 0.6) is 0 Å². The minimum atomic E-state index is -0.112. The number of piperidine rings is 1. The Balaban J connectivity index is 1.61. The summed E-state index contributed by atoms with van der Waals surface area (Å²) in [7, 11) is 0. The summed E-state index contributed by atoms with van der Waals surface area (Å²) in [6.07, 6.45) is 10.8. The first-order valence-electron chi connectivity index (χ1n) is 7.91. The summed E-state index contributed by atoms with van der Waals surface area (Å²) in [5.41, 5.74) is 6.08. The second kappa shape index (κ2) is 7.85. The third-order valence-electron chi connectivity index (χ3n) is 4.40. The molecule has 1 saturated heterocycles. The third kappa shape index (κ3) is 5.11. The fraction of sp³-hybridized carbons (Fsp3) is 0.933. The van der Waals surface area contributed by atoms with Crippen LogP contribution in [0.2, 0.25) is 0 Å². The molecule has 0 bridgehead atoms. The van der Waals surface area contributed by atoms with Crippen molar-refractivity contribution in [3.05, 3.63) is 0 Å². The molecule has 0 radical (unpaired) electrons. The van der Waals surface area contributed by atoms with Crippen LogP contribution in [0, 0.1) is 5.92 Å². The lowest BCUT2D eigenvalue weighted by molar-refractivity contribution is -0.147. The van der Waals surface area contributed by atoms with Crippen molar-refractivity contribution in [2.45, 2.75) is 69.9 Å². The van der Waals surface area contributed by atoms with Gasteiger partial charge in [0.2, 0.25) is 0 Å². The quantitative estimate of drug-likeness (QED) is 0.748. The van der Waals surface area contributed by atoms with Gasteiger partial charge in [0, 0.05) is 6.04 Å². The van der Waals surface area contributed by atoms with Gasteiger partial charge < -0.3 is 15.8 Å². The highest BCUT2D eigenvalue weighted by Gasteiger charge is 2.23. The van der Waals surface area contributed by atoms with Crippen molar-refractivity contribution in [1.82, 2.24) is 5.32 Å². The Hall–Kier alpha value is -0.610. The summed E-state index contributed by atoms with van der Waals surface area (Å²) in [6.45, 7) is 1.31. The minimum absolute atomic E-state index is 0.00985. The van der Waals surface area contributed by atoms with Gasteiger partial charge in [-0.2, -0.15) is 0 Å². The molecule has 2 atom stereocenters. The normalized spacial score (nSPS) is 26.9. The van der Waals surface area contributed by atoms with Gasteiger partial charge in [0.15, 0.2) is 0 Å². The number of nitrogens with one attached hydrogen (secondary N) is 1. The highest BCUT2D eigenvalue weighted by molar-refractivity contribution is 5.75. The van der Waals surface area contributed by atoms with Crippen molar-refractivity contribution >= 4 is 5.97 Å². The topological polar surface area (TPSA) is 64.3 Å². The van der Waals surface area contributed by atoms with Crippen LogP contribution in [0.15, 0.2) is 0 Å². The predicted octanol–water partition coefficient (Wildman–Crippen LogP) is 1.97. The number of nitrogens with two attached hydrogens (primary N) is 1. The van der Waals surface area contributed by atoms with Crippen LogP contribution in [0.25, 0.3) is 0 Å². The van der Waals surface area contributed by atoms with Gasteiger partial charge in [-0.15, -0.1) is 0 Å². The van der Waals surface area contributed by atoms with E-state index in [1.807, 2.05) is 0 Å². The molecular weight excluding hydrogens is 240 g/mol. The van der Waals surface area contributed by atoms with E-state index >= 15 is 0 Å². The number of carbonyl (C=O) groups excluding carboxylic acids is 1. The molecule has 2 fully saturated rings. The van der Waals surface area contributed by atoms with Crippen molar-refractivity contribution in [3.63, 3.8) is 0 Å². The second-order valence-corrected chi connectivity index (χ2v) is 6.13. The maximum atomic E-state index is 11.9. The highest BCUT2D eigenvalue weighted by Crippen LogP contribution is 2.27. The van der Waals surface area contributed by atoms with E-state index in [9.17, 15) is 4.79 Å². The zero-order valence-electron chi connectivity index (χ0n) is 11.9. The van der Waals surface area contributed by atoms with Gasteiger partial charge >= 0.3 is 5.97 Å². The van der Waals surface area contributed by atoms with E-state index in [2.05, 4.69) is 5.32 Å². The number of rotatable bonds is 5. The Bertz CT molecular complexity index is 271. The largest absolute Gasteiger partial charge is 0.463 e. The van der Waals surface area contributed by atoms with Gasteiger partial charge in [-0.25, -0.2) is 0 Å². The Morgan fingerprint density at radius 3 is 2.58 bits per heavy atom. The molecule has 3 N–H and O–H groups in total. The maximum Gasteiger partial charge on any atom is 0.323 e. The first-order chi connectivity index (χ1) is 9.25. The molecule has 2 rings (SSSR count). The van der Waals surface area contributed by atoms with Crippen LogP contribution in [0.3, 0.4) is 0 Å². The molecule has 4 nitrogen and oxygen atoms in total. The molecule has 1 aliphatic heterocycles. The molecule has 0 aromatic heterocycles. The van der Waals surface area contributed by atoms with Crippen molar-refractivity contribution in [2.75, 3.05) is 13.2 Å². The number of hydrogen-bond acceptors (Lipinski definition) is 4. The van der Waals surface area contributed by atoms with E-state index in [1.165, 1.54) is 32.1 Å². The van der Waals surface area contributed by atoms with Gasteiger partial charge in [-0.1, -0.05) is 38.5 Å². The maximum absolute atomic E-state index is 11.9. The van der Waals surface area contributed by atoms with Crippen molar-refractivity contribution in [1.29, 1.82) is 0 Å². The zero-order chi connectivity index (χ0) is 13.5. The summed E-state index contributed by atoms with van der Waals surface area (Å²) in [5, 5.41) is 3.21. The van der Waals surface area contributed by atoms with Crippen LogP contribution in [-0.2, 0) is 9.53 Å². The van der Waals surface area contributed by atoms with E-state index in [-0.39, 0.29) is 18.1 Å². The fourth-order valence-corrected chi connectivity index (χ4v) is 3.26. The molecular formula is C15H28N2O2. The smallest absolute Gasteiger partial charge is 0.323 e. The molecule has 110 valence electrons. The monoisotopic (exact) mass is 268 g/mol. The summed E-state index contributed by atoms with van der Waals surface area (Å²) in [4.78, 5) is 11.9. The van der Waals surface area contributed by atoms with E-state index in [0.29, 0.717) is 6.61 Å². The van der Waals surface area contributed by atoms with Crippen molar-refractivity contribution < 1.29 is 9.53 Å². The SMILES string of the molecule is NC(COC(=O)C1CCCCN1)CC1CCCCC1. The van der Waals surface area contributed by atoms with Gasteiger partial charge in [0.25, 0.3) is 0 Å². The van der Waals surface area contributed by atoms with E-state index in [4.69, 9.17) is 10.5 Å². The van der Waals surface area contributed by atoms with E-state index in [1.54, 1.807) is 0 Å². The molecule has 0 spiro atoms. The van der Waals surface area contributed by atoms with Gasteiger partial charge in [-0.05, 0) is 31.7 Å². The lowest BCUT2D eigenvalue weighted by atomic mass is 9.85. The van der Waals surface area contributed by atoms with Crippen LogP contribution >= 0.6 is 0 Å². The molecule has 1 heterocycles. The first kappa shape index (κ1) is 14.8. The van der Waals surface area contributed by atoms with Crippen LogP contribution in [-0.4, -0.2) is 31.2 Å². The summed E-state index contributed by atoms with van der Waals surface area (Å²) in [5.74, 6) is 0.633. The standard InChI is InChI=1S/C15H28N2O2/c16-13(10-12-6-2-1-3-7-12)11-19-15(18)14-8-4-5-9-17-14/h12-14,17H,1-11,16H2. The fourth-order valence-electron chi connectivity index (χ4n) is 3.26. The summed E-state index contributed by atoms with van der Waals surface area (Å²) in [6, 6.07) is -0.0914. The zero-order valence-corrected chi connectivity index (χ0v) is 11.9. The van der Waals surface area contributed by atoms with Gasteiger partial charge in [0.05, 0.1) is 0 Å². The molecule has 1 aliphatic carbocycles. The Labute approximate surface area is 116 Å². The number of esters is 1. The highest BCUT2D eigenvalue weighted by atomic mass is 16.5. The summed E-state index contributed by atoms with van der Waals surface area (Å²) < 4.78 is 5.36. The second-order valence-electron chi connectivity index (χ2n) is 6.13. The minimum Gasteiger partial charge on any atom is -0.463 e. The van der Waals surface area contributed by atoms with Crippen molar-refractivity contribution in [2.24, 2.45) is 11.7 Å². The molecule has 0 aromatic carbocycles. The molecule has 1 saturated carbocycles. The van der Waals surface area contributed by atoms with E-state index in [0.717, 1.165) is 38.1 Å². The Kier molecular flexibility index (Phi) is 6.11. The van der Waals surface area contributed by atoms with Crippen LogP contribution < -0.4 is 11.1 Å². The lowest BCUT2D eigenvalue weighted by Crippen LogP contribution is -2.43. The first-order valence-corrected chi connectivity index (χ1v) is 7.91. The summed E-state index contributed by atoms with van der Waals surface area (Å²) >= 11 is 0. The average molecular weight is 268 g/mol. The number of carbonyl (C=O) groups is 1. The molecule has 2 aliphatic rings. The molecule has 4 heteroatoms. The Morgan fingerprint density at radius 2 is 1.89 bits per heavy atom. The molecule has 2 unspecified atom stereocenters. The van der Waals surface area contributed by atoms with Crippen LogP contribution in [0.4, 0.5) is 0 Å². The molecule has 19 heavy (non-hydrogen) atoms. The van der Waals surface area contributed by atoms with E-state index < -0.39 is 0 Å². The van der Waals surface area contributed by atoms with Gasteiger partial charge in [-0.3, -0.25) is 4.79 Å². The Morgan fingerprint density at radius 1 is 1.16 bits per heavy atom. The number of hydrogen-bond donors (Lipinski definition) is 2. The molecule has 0 amide bonds. The third-order valence-corrected chi connectivity index (χ3v) is 4.40. The van der Waals surface area contributed by atoms with Gasteiger partial charge in [0.1, 0.15) is 12.6 Å². The van der Waals surface area contributed by atoms with Crippen LogP contribution in [0.1, 0.15) is 57.8 Å².